The first-order valence-corrected chi connectivity index (χ1v) is 7.72. The van der Waals surface area contributed by atoms with Crippen molar-refractivity contribution in [2.45, 2.75) is 32.4 Å². The van der Waals surface area contributed by atoms with Crippen LogP contribution in [-0.4, -0.2) is 43.0 Å². The lowest BCUT2D eigenvalue weighted by atomic mass is 10.0. The summed E-state index contributed by atoms with van der Waals surface area (Å²) in [5.74, 6) is -0.136. The van der Waals surface area contributed by atoms with E-state index in [9.17, 15) is 9.59 Å². The Kier molecular flexibility index (Phi) is 5.95. The number of benzene rings is 1. The van der Waals surface area contributed by atoms with Crippen molar-refractivity contribution in [2.75, 3.05) is 20.2 Å². The van der Waals surface area contributed by atoms with E-state index in [4.69, 9.17) is 0 Å². The molecule has 1 aromatic rings. The molecule has 0 aliphatic carbocycles. The zero-order valence-electron chi connectivity index (χ0n) is 13.2. The van der Waals surface area contributed by atoms with E-state index in [1.807, 2.05) is 18.2 Å². The SMILES string of the molecule is COC(=O)[C@H](C)NC(=O)C[C@H]1CCN(Cc2ccccc2)C1. The van der Waals surface area contributed by atoms with E-state index in [0.717, 1.165) is 26.1 Å². The largest absolute Gasteiger partial charge is 0.467 e. The Balaban J connectivity index is 1.74. The van der Waals surface area contributed by atoms with E-state index in [2.05, 4.69) is 27.1 Å². The summed E-state index contributed by atoms with van der Waals surface area (Å²) in [6.45, 7) is 4.51. The molecular weight excluding hydrogens is 280 g/mol. The first kappa shape index (κ1) is 16.5. The van der Waals surface area contributed by atoms with Crippen LogP contribution in [-0.2, 0) is 20.9 Å². The molecule has 5 heteroatoms. The fourth-order valence-corrected chi connectivity index (χ4v) is 2.86. The summed E-state index contributed by atoms with van der Waals surface area (Å²) in [7, 11) is 1.32. The molecule has 1 aliphatic heterocycles. The van der Waals surface area contributed by atoms with Crippen molar-refractivity contribution in [3.05, 3.63) is 35.9 Å². The summed E-state index contributed by atoms with van der Waals surface area (Å²) in [6.07, 6.45) is 1.49. The maximum Gasteiger partial charge on any atom is 0.328 e. The van der Waals surface area contributed by atoms with Crippen LogP contribution in [0.15, 0.2) is 30.3 Å². The van der Waals surface area contributed by atoms with Crippen LogP contribution in [0.5, 0.6) is 0 Å². The van der Waals surface area contributed by atoms with Crippen molar-refractivity contribution in [3.63, 3.8) is 0 Å². The molecule has 0 bridgehead atoms. The number of rotatable bonds is 6. The zero-order chi connectivity index (χ0) is 15.9. The number of carbonyl (C=O) groups excluding carboxylic acids is 2. The first-order valence-electron chi connectivity index (χ1n) is 7.72. The van der Waals surface area contributed by atoms with Crippen LogP contribution in [0, 0.1) is 5.92 Å². The van der Waals surface area contributed by atoms with Crippen LogP contribution in [0.3, 0.4) is 0 Å². The summed E-state index contributed by atoms with van der Waals surface area (Å²) in [5, 5.41) is 2.69. The smallest absolute Gasteiger partial charge is 0.328 e. The van der Waals surface area contributed by atoms with Gasteiger partial charge in [0.25, 0.3) is 0 Å². The molecule has 1 N–H and O–H groups in total. The van der Waals surface area contributed by atoms with Gasteiger partial charge in [-0.2, -0.15) is 0 Å². The number of methoxy groups -OCH3 is 1. The molecule has 0 saturated carbocycles. The van der Waals surface area contributed by atoms with Crippen LogP contribution in [0.2, 0.25) is 0 Å². The van der Waals surface area contributed by atoms with E-state index in [-0.39, 0.29) is 5.91 Å². The molecule has 1 saturated heterocycles. The molecule has 0 unspecified atom stereocenters. The predicted octanol–water partition coefficient (Wildman–Crippen LogP) is 1.58. The molecule has 1 aromatic carbocycles. The van der Waals surface area contributed by atoms with Crippen molar-refractivity contribution in [2.24, 2.45) is 5.92 Å². The second kappa shape index (κ2) is 7.94. The molecule has 2 rings (SSSR count). The molecule has 1 aliphatic rings. The minimum Gasteiger partial charge on any atom is -0.467 e. The standard InChI is InChI=1S/C17H24N2O3/c1-13(17(21)22-2)18-16(20)10-15-8-9-19(12-15)11-14-6-4-3-5-7-14/h3-7,13,15H,8-12H2,1-2H3,(H,18,20)/t13-,15+/m0/s1. The minimum absolute atomic E-state index is 0.0792. The Bertz CT molecular complexity index is 504. The van der Waals surface area contributed by atoms with Crippen LogP contribution in [0.25, 0.3) is 0 Å². The van der Waals surface area contributed by atoms with Crippen LogP contribution in [0.4, 0.5) is 0 Å². The van der Waals surface area contributed by atoms with Crippen LogP contribution >= 0.6 is 0 Å². The van der Waals surface area contributed by atoms with Gasteiger partial charge in [-0.3, -0.25) is 9.69 Å². The fraction of sp³-hybridized carbons (Fsp3) is 0.529. The Labute approximate surface area is 131 Å². The van der Waals surface area contributed by atoms with E-state index in [0.29, 0.717) is 12.3 Å². The topological polar surface area (TPSA) is 58.6 Å². The molecule has 0 aromatic heterocycles. The quantitative estimate of drug-likeness (QED) is 0.811. The van der Waals surface area contributed by atoms with E-state index in [1.54, 1.807) is 6.92 Å². The van der Waals surface area contributed by atoms with Crippen molar-refractivity contribution in [1.29, 1.82) is 0 Å². The van der Waals surface area contributed by atoms with Gasteiger partial charge in [0.2, 0.25) is 5.91 Å². The summed E-state index contributed by atoms with van der Waals surface area (Å²) in [5.41, 5.74) is 1.30. The summed E-state index contributed by atoms with van der Waals surface area (Å²) < 4.78 is 4.60. The predicted molar refractivity (Wildman–Crippen MR) is 84.1 cm³/mol. The first-order chi connectivity index (χ1) is 10.6. The van der Waals surface area contributed by atoms with Crippen LogP contribution < -0.4 is 5.32 Å². The number of esters is 1. The molecule has 1 heterocycles. The number of nitrogens with zero attached hydrogens (tertiary/aromatic N) is 1. The van der Waals surface area contributed by atoms with Gasteiger partial charge < -0.3 is 10.1 Å². The molecule has 120 valence electrons. The summed E-state index contributed by atoms with van der Waals surface area (Å²) in [6, 6.07) is 9.77. The van der Waals surface area contributed by atoms with Crippen LogP contribution in [0.1, 0.15) is 25.3 Å². The normalized spacial score (nSPS) is 19.6. The molecule has 5 nitrogen and oxygen atoms in total. The number of hydrogen-bond acceptors (Lipinski definition) is 4. The highest BCUT2D eigenvalue weighted by Crippen LogP contribution is 2.21. The Morgan fingerprint density at radius 2 is 2.09 bits per heavy atom. The van der Waals surface area contributed by atoms with Crippen molar-refractivity contribution in [1.82, 2.24) is 10.2 Å². The average Bonchev–Trinajstić information content (AvgIpc) is 2.94. The van der Waals surface area contributed by atoms with E-state index in [1.165, 1.54) is 12.7 Å². The van der Waals surface area contributed by atoms with Gasteiger partial charge >= 0.3 is 5.97 Å². The molecule has 1 amide bonds. The van der Waals surface area contributed by atoms with Gasteiger partial charge in [-0.1, -0.05) is 30.3 Å². The van der Waals surface area contributed by atoms with Gasteiger partial charge in [0.05, 0.1) is 7.11 Å². The Morgan fingerprint density at radius 1 is 1.36 bits per heavy atom. The lowest BCUT2D eigenvalue weighted by Gasteiger charge is -2.16. The third kappa shape index (κ3) is 4.84. The summed E-state index contributed by atoms with van der Waals surface area (Å²) in [4.78, 5) is 25.6. The third-order valence-corrected chi connectivity index (χ3v) is 4.03. The monoisotopic (exact) mass is 304 g/mol. The lowest BCUT2D eigenvalue weighted by molar-refractivity contribution is -0.144. The van der Waals surface area contributed by atoms with Crippen molar-refractivity contribution in [3.8, 4) is 0 Å². The molecule has 22 heavy (non-hydrogen) atoms. The molecular formula is C17H24N2O3. The van der Waals surface area contributed by atoms with Crippen molar-refractivity contribution >= 4 is 11.9 Å². The molecule has 0 radical (unpaired) electrons. The maximum atomic E-state index is 12.0. The van der Waals surface area contributed by atoms with Gasteiger partial charge in [-0.15, -0.1) is 0 Å². The number of likely N-dealkylation sites (tertiary alicyclic amines) is 1. The van der Waals surface area contributed by atoms with Gasteiger partial charge in [-0.05, 0) is 31.4 Å². The summed E-state index contributed by atoms with van der Waals surface area (Å²) >= 11 is 0. The lowest BCUT2D eigenvalue weighted by Crippen LogP contribution is -2.40. The van der Waals surface area contributed by atoms with E-state index < -0.39 is 12.0 Å². The molecule has 1 fully saturated rings. The van der Waals surface area contributed by atoms with Gasteiger partial charge in [0, 0.05) is 19.5 Å². The molecule has 0 spiro atoms. The number of carbonyl (C=O) groups is 2. The zero-order valence-corrected chi connectivity index (χ0v) is 13.2. The Hall–Kier alpha value is -1.88. The van der Waals surface area contributed by atoms with Gasteiger partial charge in [0.1, 0.15) is 6.04 Å². The number of amides is 1. The van der Waals surface area contributed by atoms with Gasteiger partial charge in [0.15, 0.2) is 0 Å². The highest BCUT2D eigenvalue weighted by molar-refractivity contribution is 5.84. The Morgan fingerprint density at radius 3 is 2.77 bits per heavy atom. The fourth-order valence-electron chi connectivity index (χ4n) is 2.86. The van der Waals surface area contributed by atoms with E-state index >= 15 is 0 Å². The number of ether oxygens (including phenoxy) is 1. The number of hydrogen-bond donors (Lipinski definition) is 1. The van der Waals surface area contributed by atoms with Crippen molar-refractivity contribution < 1.29 is 14.3 Å². The van der Waals surface area contributed by atoms with Gasteiger partial charge in [-0.25, -0.2) is 4.79 Å². The third-order valence-electron chi connectivity index (χ3n) is 4.03. The highest BCUT2D eigenvalue weighted by atomic mass is 16.5. The second-order valence-electron chi connectivity index (χ2n) is 5.89. The number of nitrogens with one attached hydrogen (secondary N) is 1. The highest BCUT2D eigenvalue weighted by Gasteiger charge is 2.25. The second-order valence-corrected chi connectivity index (χ2v) is 5.89. The minimum atomic E-state index is -0.584. The molecule has 2 atom stereocenters. The maximum absolute atomic E-state index is 12.0. The average molecular weight is 304 g/mol.